The van der Waals surface area contributed by atoms with Crippen molar-refractivity contribution in [2.45, 2.75) is 33.2 Å². The van der Waals surface area contributed by atoms with Crippen molar-refractivity contribution in [2.24, 2.45) is 4.99 Å². The molecule has 18 heavy (non-hydrogen) atoms. The van der Waals surface area contributed by atoms with E-state index >= 15 is 0 Å². The number of fused-ring (bicyclic) bond motifs is 2. The number of aliphatic imine (C=N–C) groups is 1. The van der Waals surface area contributed by atoms with E-state index in [4.69, 9.17) is 0 Å². The van der Waals surface area contributed by atoms with Crippen molar-refractivity contribution < 1.29 is 4.79 Å². The van der Waals surface area contributed by atoms with Crippen LogP contribution >= 0.6 is 23.7 Å². The van der Waals surface area contributed by atoms with Gasteiger partial charge in [-0.3, -0.25) is 10.1 Å². The first-order chi connectivity index (χ1) is 8.19. The molecule has 1 saturated heterocycles. The molecule has 0 unspecified atom stereocenters. The Labute approximate surface area is 116 Å². The van der Waals surface area contributed by atoms with Crippen LogP contribution in [0.5, 0.6) is 0 Å². The van der Waals surface area contributed by atoms with Gasteiger partial charge in [0.2, 0.25) is 11.9 Å². The number of thiophene rings is 1. The Kier molecular flexibility index (Phi) is 3.64. The zero-order chi connectivity index (χ0) is 12.0. The summed E-state index contributed by atoms with van der Waals surface area (Å²) in [6, 6.07) is 0. The zero-order valence-electron chi connectivity index (χ0n) is 10.4. The van der Waals surface area contributed by atoms with Gasteiger partial charge in [-0.1, -0.05) is 13.3 Å². The Morgan fingerprint density at radius 1 is 1.44 bits per heavy atom. The number of halogens is 1. The third-order valence-electron chi connectivity index (χ3n) is 3.27. The molecule has 1 amide bonds. The van der Waals surface area contributed by atoms with Gasteiger partial charge in [0.1, 0.15) is 11.5 Å². The first kappa shape index (κ1) is 13.4. The highest BCUT2D eigenvalue weighted by Crippen LogP contribution is 2.39. The Balaban J connectivity index is 0.00000120. The largest absolute Gasteiger partial charge is 0.329 e. The lowest BCUT2D eigenvalue weighted by molar-refractivity contribution is -0.118. The Morgan fingerprint density at radius 2 is 2.22 bits per heavy atom. The molecule has 0 saturated carbocycles. The van der Waals surface area contributed by atoms with Crippen molar-refractivity contribution in [2.75, 3.05) is 6.54 Å². The van der Waals surface area contributed by atoms with Crippen molar-refractivity contribution in [3.05, 3.63) is 16.0 Å². The molecule has 3 heterocycles. The van der Waals surface area contributed by atoms with Gasteiger partial charge >= 0.3 is 0 Å². The third kappa shape index (κ3) is 2.01. The molecule has 0 aromatic carbocycles. The summed E-state index contributed by atoms with van der Waals surface area (Å²) in [7, 11) is 0. The van der Waals surface area contributed by atoms with Crippen LogP contribution in [0.2, 0.25) is 0 Å². The number of carbonyl (C=O) groups is 1. The summed E-state index contributed by atoms with van der Waals surface area (Å²) < 4.78 is 0. The van der Waals surface area contributed by atoms with E-state index < -0.39 is 0 Å². The molecule has 4 nitrogen and oxygen atoms in total. The molecule has 0 radical (unpaired) electrons. The summed E-state index contributed by atoms with van der Waals surface area (Å²) in [6.07, 6.45) is 2.29. The monoisotopic (exact) mass is 285 g/mol. The van der Waals surface area contributed by atoms with E-state index in [9.17, 15) is 4.79 Å². The van der Waals surface area contributed by atoms with Gasteiger partial charge in [0.25, 0.3) is 0 Å². The highest BCUT2D eigenvalue weighted by molar-refractivity contribution is 7.16. The summed E-state index contributed by atoms with van der Waals surface area (Å²) in [5.41, 5.74) is 2.67. The van der Waals surface area contributed by atoms with E-state index in [2.05, 4.69) is 24.2 Å². The second-order valence-corrected chi connectivity index (χ2v) is 5.61. The standard InChI is InChI=1S/C12H15N3OS.ClH/c1-3-4-9-7(2)8-5-15-6-10(16)13-12(15)14-11(8)17-9;/h3-6H2,1-2H3,(H,13,14,16);1H. The number of rotatable bonds is 2. The SMILES string of the molecule is CCCc1sc2c(c1C)CN1CC(=O)NC1=N2.Cl. The molecule has 1 aromatic heterocycles. The van der Waals surface area contributed by atoms with Crippen molar-refractivity contribution in [1.29, 1.82) is 0 Å². The molecular formula is C12H16ClN3OS. The molecule has 0 spiro atoms. The molecule has 3 rings (SSSR count). The predicted molar refractivity (Wildman–Crippen MR) is 75.9 cm³/mol. The maximum Gasteiger partial charge on any atom is 0.246 e. The summed E-state index contributed by atoms with van der Waals surface area (Å²) >= 11 is 1.77. The number of carbonyl (C=O) groups excluding carboxylic acids is 1. The summed E-state index contributed by atoms with van der Waals surface area (Å²) in [4.78, 5) is 19.3. The first-order valence-corrected chi connectivity index (χ1v) is 6.75. The molecule has 0 aliphatic carbocycles. The molecule has 1 N–H and O–H groups in total. The van der Waals surface area contributed by atoms with Gasteiger partial charge in [0.15, 0.2) is 0 Å². The number of hydrogen-bond donors (Lipinski definition) is 1. The van der Waals surface area contributed by atoms with E-state index in [1.807, 2.05) is 4.90 Å². The van der Waals surface area contributed by atoms with Crippen LogP contribution in [0.1, 0.15) is 29.3 Å². The van der Waals surface area contributed by atoms with Crippen LogP contribution in [-0.4, -0.2) is 23.3 Å². The highest BCUT2D eigenvalue weighted by atomic mass is 35.5. The number of guanidine groups is 1. The van der Waals surface area contributed by atoms with Gasteiger partial charge in [0.05, 0.1) is 0 Å². The van der Waals surface area contributed by atoms with Crippen molar-refractivity contribution in [3.8, 4) is 0 Å². The van der Waals surface area contributed by atoms with Gasteiger partial charge in [-0.05, 0) is 18.9 Å². The molecular weight excluding hydrogens is 270 g/mol. The molecule has 1 fully saturated rings. The van der Waals surface area contributed by atoms with Gasteiger partial charge < -0.3 is 4.90 Å². The fraction of sp³-hybridized carbons (Fsp3) is 0.500. The van der Waals surface area contributed by atoms with Crippen LogP contribution in [0.15, 0.2) is 4.99 Å². The number of nitrogens with one attached hydrogen (secondary N) is 1. The average Bonchev–Trinajstić information content (AvgIpc) is 2.78. The van der Waals surface area contributed by atoms with E-state index in [0.717, 1.165) is 30.3 Å². The van der Waals surface area contributed by atoms with E-state index in [-0.39, 0.29) is 18.3 Å². The lowest BCUT2D eigenvalue weighted by Crippen LogP contribution is -2.31. The fourth-order valence-corrected chi connectivity index (χ4v) is 3.62. The highest BCUT2D eigenvalue weighted by Gasteiger charge is 2.31. The number of aryl methyl sites for hydroxylation is 1. The third-order valence-corrected chi connectivity index (χ3v) is 4.56. The molecule has 1 aromatic rings. The van der Waals surface area contributed by atoms with E-state index in [1.165, 1.54) is 16.0 Å². The van der Waals surface area contributed by atoms with Crippen LogP contribution in [0.3, 0.4) is 0 Å². The van der Waals surface area contributed by atoms with Crippen LogP contribution in [0, 0.1) is 6.92 Å². The topological polar surface area (TPSA) is 44.7 Å². The van der Waals surface area contributed by atoms with Gasteiger partial charge in [-0.2, -0.15) is 0 Å². The molecule has 2 aliphatic rings. The Bertz CT molecular complexity index is 524. The molecule has 0 atom stereocenters. The Morgan fingerprint density at radius 3 is 2.94 bits per heavy atom. The quantitative estimate of drug-likeness (QED) is 0.907. The summed E-state index contributed by atoms with van der Waals surface area (Å²) in [6.45, 7) is 5.63. The lowest BCUT2D eigenvalue weighted by atomic mass is 10.1. The van der Waals surface area contributed by atoms with E-state index in [1.54, 1.807) is 11.3 Å². The summed E-state index contributed by atoms with van der Waals surface area (Å²) in [5, 5.41) is 3.88. The Hall–Kier alpha value is -1.07. The summed E-state index contributed by atoms with van der Waals surface area (Å²) in [5.74, 6) is 0.775. The molecule has 0 bridgehead atoms. The number of hydrogen-bond acceptors (Lipinski definition) is 4. The maximum atomic E-state index is 11.3. The minimum Gasteiger partial charge on any atom is -0.329 e. The van der Waals surface area contributed by atoms with Crippen LogP contribution in [0.25, 0.3) is 0 Å². The van der Waals surface area contributed by atoms with Crippen molar-refractivity contribution in [3.63, 3.8) is 0 Å². The van der Waals surface area contributed by atoms with Crippen LogP contribution < -0.4 is 5.32 Å². The lowest BCUT2D eigenvalue weighted by Gasteiger charge is -2.20. The van der Waals surface area contributed by atoms with Gasteiger partial charge in [0, 0.05) is 17.0 Å². The zero-order valence-corrected chi connectivity index (χ0v) is 12.1. The van der Waals surface area contributed by atoms with Crippen molar-refractivity contribution >= 4 is 40.6 Å². The number of nitrogens with zero attached hydrogens (tertiary/aromatic N) is 2. The van der Waals surface area contributed by atoms with Gasteiger partial charge in [-0.15, -0.1) is 23.7 Å². The van der Waals surface area contributed by atoms with Crippen LogP contribution in [0.4, 0.5) is 5.00 Å². The fourth-order valence-electron chi connectivity index (χ4n) is 2.33. The van der Waals surface area contributed by atoms with Gasteiger partial charge in [-0.25, -0.2) is 4.99 Å². The predicted octanol–water partition coefficient (Wildman–Crippen LogP) is 2.36. The molecule has 6 heteroatoms. The van der Waals surface area contributed by atoms with E-state index in [0.29, 0.717) is 6.54 Å². The number of amides is 1. The molecule has 2 aliphatic heterocycles. The minimum atomic E-state index is 0. The minimum absolute atomic E-state index is 0. The maximum absolute atomic E-state index is 11.3. The smallest absolute Gasteiger partial charge is 0.246 e. The first-order valence-electron chi connectivity index (χ1n) is 5.93. The van der Waals surface area contributed by atoms with Crippen LogP contribution in [-0.2, 0) is 17.8 Å². The second-order valence-electron chi connectivity index (χ2n) is 4.52. The average molecular weight is 286 g/mol. The normalized spacial score (nSPS) is 16.7. The second kappa shape index (κ2) is 4.90. The molecule has 98 valence electrons. The van der Waals surface area contributed by atoms with Crippen molar-refractivity contribution in [1.82, 2.24) is 10.2 Å².